The maximum atomic E-state index is 11.6. The van der Waals surface area contributed by atoms with E-state index in [1.165, 1.54) is 0 Å². The molecule has 1 heterocycles. The van der Waals surface area contributed by atoms with Crippen molar-refractivity contribution in [1.29, 1.82) is 5.26 Å². The predicted octanol–water partition coefficient (Wildman–Crippen LogP) is 1.30. The van der Waals surface area contributed by atoms with Gasteiger partial charge in [-0.2, -0.15) is 5.26 Å². The second kappa shape index (κ2) is 5.41. The molecule has 1 fully saturated rings. The molecule has 1 aliphatic rings. The monoisotopic (exact) mass is 245 g/mol. The van der Waals surface area contributed by atoms with Crippen molar-refractivity contribution < 1.29 is 9.53 Å². The van der Waals surface area contributed by atoms with Gasteiger partial charge in [-0.15, -0.1) is 0 Å². The van der Waals surface area contributed by atoms with Gasteiger partial charge in [-0.05, 0) is 24.3 Å². The van der Waals surface area contributed by atoms with Crippen molar-refractivity contribution in [1.82, 2.24) is 9.80 Å². The number of benzene rings is 1. The largest absolute Gasteiger partial charge is 0.492 e. The molecule has 0 bridgehead atoms. The fourth-order valence-corrected chi connectivity index (χ4v) is 1.81. The molecule has 1 saturated heterocycles. The molecule has 0 N–H and O–H groups in total. The van der Waals surface area contributed by atoms with E-state index in [0.717, 1.165) is 13.1 Å². The maximum absolute atomic E-state index is 11.6. The lowest BCUT2D eigenvalue weighted by Gasteiger charge is -2.16. The summed E-state index contributed by atoms with van der Waals surface area (Å²) in [6, 6.07) is 9.05. The zero-order valence-electron chi connectivity index (χ0n) is 10.3. The normalized spacial score (nSPS) is 14.8. The van der Waals surface area contributed by atoms with E-state index < -0.39 is 0 Å². The van der Waals surface area contributed by atoms with Gasteiger partial charge in [0, 0.05) is 20.1 Å². The second-order valence-electron chi connectivity index (χ2n) is 4.18. The average Bonchev–Trinajstić information content (AvgIpc) is 2.71. The molecule has 1 aromatic carbocycles. The van der Waals surface area contributed by atoms with Crippen molar-refractivity contribution in [3.05, 3.63) is 29.8 Å². The molecule has 0 aromatic heterocycles. The van der Waals surface area contributed by atoms with Crippen LogP contribution in [0.2, 0.25) is 0 Å². The van der Waals surface area contributed by atoms with Gasteiger partial charge >= 0.3 is 6.03 Å². The highest BCUT2D eigenvalue weighted by atomic mass is 16.5. The highest BCUT2D eigenvalue weighted by Crippen LogP contribution is 2.12. The van der Waals surface area contributed by atoms with Crippen LogP contribution in [0.4, 0.5) is 4.79 Å². The lowest BCUT2D eigenvalue weighted by atomic mass is 10.2. The summed E-state index contributed by atoms with van der Waals surface area (Å²) in [5.74, 6) is 0.717. The van der Waals surface area contributed by atoms with Gasteiger partial charge in [-0.1, -0.05) is 0 Å². The molecule has 0 aliphatic carbocycles. The van der Waals surface area contributed by atoms with E-state index in [0.29, 0.717) is 24.5 Å². The summed E-state index contributed by atoms with van der Waals surface area (Å²) in [5, 5.41) is 8.66. The van der Waals surface area contributed by atoms with Gasteiger partial charge in [0.15, 0.2) is 0 Å². The number of amides is 2. The highest BCUT2D eigenvalue weighted by molar-refractivity contribution is 5.76. The van der Waals surface area contributed by atoms with E-state index >= 15 is 0 Å². The van der Waals surface area contributed by atoms with Gasteiger partial charge in [0.05, 0.1) is 18.2 Å². The number of nitrogens with zero attached hydrogens (tertiary/aromatic N) is 3. The SMILES string of the molecule is CN1CCN(CCOc2ccc(C#N)cc2)C1=O. The molecule has 0 saturated carbocycles. The third-order valence-electron chi connectivity index (χ3n) is 2.92. The average molecular weight is 245 g/mol. The molecule has 0 radical (unpaired) electrons. The number of rotatable bonds is 4. The Bertz CT molecular complexity index is 464. The number of nitriles is 1. The van der Waals surface area contributed by atoms with E-state index in [1.807, 2.05) is 0 Å². The van der Waals surface area contributed by atoms with Crippen molar-refractivity contribution in [3.8, 4) is 11.8 Å². The molecule has 0 atom stereocenters. The van der Waals surface area contributed by atoms with Crippen molar-refractivity contribution in [2.24, 2.45) is 0 Å². The van der Waals surface area contributed by atoms with E-state index in [2.05, 4.69) is 6.07 Å². The minimum Gasteiger partial charge on any atom is -0.492 e. The number of hydrogen-bond acceptors (Lipinski definition) is 3. The Balaban J connectivity index is 1.78. The number of carbonyl (C=O) groups is 1. The molecular formula is C13H15N3O2. The van der Waals surface area contributed by atoms with Crippen LogP contribution in [0.15, 0.2) is 24.3 Å². The molecule has 1 aliphatic heterocycles. The smallest absolute Gasteiger partial charge is 0.319 e. The summed E-state index contributed by atoms with van der Waals surface area (Å²) in [6.45, 7) is 2.58. The van der Waals surface area contributed by atoms with Crippen LogP contribution in [0, 0.1) is 11.3 Å². The van der Waals surface area contributed by atoms with Crippen LogP contribution in [0.25, 0.3) is 0 Å². The van der Waals surface area contributed by atoms with Crippen molar-refractivity contribution in [3.63, 3.8) is 0 Å². The van der Waals surface area contributed by atoms with E-state index in [9.17, 15) is 4.79 Å². The molecular weight excluding hydrogens is 230 g/mol. The summed E-state index contributed by atoms with van der Waals surface area (Å²) < 4.78 is 5.53. The van der Waals surface area contributed by atoms with Crippen molar-refractivity contribution in [2.45, 2.75) is 0 Å². The molecule has 0 unspecified atom stereocenters. The zero-order chi connectivity index (χ0) is 13.0. The maximum Gasteiger partial charge on any atom is 0.319 e. The standard InChI is InChI=1S/C13H15N3O2/c1-15-6-7-16(13(15)17)8-9-18-12-4-2-11(10-14)3-5-12/h2-5H,6-9H2,1H3. The first-order valence-corrected chi connectivity index (χ1v) is 5.84. The van der Waals surface area contributed by atoms with Crippen LogP contribution in [-0.4, -0.2) is 49.1 Å². The molecule has 1 aromatic rings. The quantitative estimate of drug-likeness (QED) is 0.803. The Hall–Kier alpha value is -2.22. The Morgan fingerprint density at radius 1 is 1.33 bits per heavy atom. The Kier molecular flexibility index (Phi) is 3.68. The Morgan fingerprint density at radius 2 is 2.06 bits per heavy atom. The summed E-state index contributed by atoms with van der Waals surface area (Å²) in [5.41, 5.74) is 0.610. The van der Waals surface area contributed by atoms with E-state index in [1.54, 1.807) is 41.1 Å². The fourth-order valence-electron chi connectivity index (χ4n) is 1.81. The number of likely N-dealkylation sites (N-methyl/N-ethyl adjacent to an activating group) is 1. The zero-order valence-corrected chi connectivity index (χ0v) is 10.3. The number of ether oxygens (including phenoxy) is 1. The van der Waals surface area contributed by atoms with Gasteiger partial charge in [0.1, 0.15) is 12.4 Å². The summed E-state index contributed by atoms with van der Waals surface area (Å²) in [7, 11) is 1.80. The van der Waals surface area contributed by atoms with Crippen molar-refractivity contribution >= 4 is 6.03 Å². The highest BCUT2D eigenvalue weighted by Gasteiger charge is 2.24. The van der Waals surface area contributed by atoms with Crippen molar-refractivity contribution in [2.75, 3.05) is 33.3 Å². The van der Waals surface area contributed by atoms with Crippen LogP contribution < -0.4 is 4.74 Å². The number of hydrogen-bond donors (Lipinski definition) is 0. The first-order chi connectivity index (χ1) is 8.70. The molecule has 18 heavy (non-hydrogen) atoms. The lowest BCUT2D eigenvalue weighted by molar-refractivity contribution is 0.188. The van der Waals surface area contributed by atoms with Gasteiger partial charge < -0.3 is 14.5 Å². The number of urea groups is 1. The summed E-state index contributed by atoms with van der Waals surface area (Å²) in [4.78, 5) is 15.1. The molecule has 5 nitrogen and oxygen atoms in total. The first-order valence-electron chi connectivity index (χ1n) is 5.84. The molecule has 94 valence electrons. The van der Waals surface area contributed by atoms with Gasteiger partial charge in [-0.25, -0.2) is 4.79 Å². The van der Waals surface area contributed by atoms with E-state index in [-0.39, 0.29) is 6.03 Å². The van der Waals surface area contributed by atoms with Gasteiger partial charge in [-0.3, -0.25) is 0 Å². The molecule has 5 heteroatoms. The van der Waals surface area contributed by atoms with Crippen LogP contribution in [-0.2, 0) is 0 Å². The topological polar surface area (TPSA) is 56.6 Å². The number of carbonyl (C=O) groups excluding carboxylic acids is 1. The van der Waals surface area contributed by atoms with E-state index in [4.69, 9.17) is 10.00 Å². The van der Waals surface area contributed by atoms with Crippen LogP contribution in [0.1, 0.15) is 5.56 Å². The Labute approximate surface area is 106 Å². The Morgan fingerprint density at radius 3 is 2.61 bits per heavy atom. The van der Waals surface area contributed by atoms with Gasteiger partial charge in [0.25, 0.3) is 0 Å². The van der Waals surface area contributed by atoms with Gasteiger partial charge in [0.2, 0.25) is 0 Å². The second-order valence-corrected chi connectivity index (χ2v) is 4.18. The lowest BCUT2D eigenvalue weighted by Crippen LogP contribution is -2.32. The summed E-state index contributed by atoms with van der Waals surface area (Å²) >= 11 is 0. The summed E-state index contributed by atoms with van der Waals surface area (Å²) in [6.07, 6.45) is 0. The third kappa shape index (κ3) is 2.72. The van der Waals surface area contributed by atoms with Crippen LogP contribution in [0.5, 0.6) is 5.75 Å². The fraction of sp³-hybridized carbons (Fsp3) is 0.385. The van der Waals surface area contributed by atoms with Crippen LogP contribution in [0.3, 0.4) is 0 Å². The molecule has 0 spiro atoms. The minimum absolute atomic E-state index is 0.0541. The molecule has 2 rings (SSSR count). The predicted molar refractivity (Wildman–Crippen MR) is 66.3 cm³/mol. The third-order valence-corrected chi connectivity index (χ3v) is 2.92. The van der Waals surface area contributed by atoms with Crippen LogP contribution >= 0.6 is 0 Å². The minimum atomic E-state index is 0.0541. The first kappa shape index (κ1) is 12.2. The molecule has 2 amide bonds.